The third-order valence-corrected chi connectivity index (χ3v) is 4.23. The summed E-state index contributed by atoms with van der Waals surface area (Å²) in [5, 5.41) is 11.5. The van der Waals surface area contributed by atoms with Crippen LogP contribution in [0.2, 0.25) is 0 Å². The van der Waals surface area contributed by atoms with Gasteiger partial charge in [0.1, 0.15) is 0 Å². The van der Waals surface area contributed by atoms with E-state index >= 15 is 0 Å². The van der Waals surface area contributed by atoms with Crippen LogP contribution in [0.15, 0.2) is 40.1 Å². The maximum Gasteiger partial charge on any atom is 0.0776 e. The highest BCUT2D eigenvalue weighted by molar-refractivity contribution is 7.88. The fraction of sp³-hybridized carbons (Fsp3) is 0.467. The van der Waals surface area contributed by atoms with Crippen LogP contribution in [0.25, 0.3) is 0 Å². The number of hydrogen-bond acceptors (Lipinski definition) is 2. The average molecular weight is 266 g/mol. The van der Waals surface area contributed by atoms with Gasteiger partial charge in [-0.2, -0.15) is 0 Å². The number of aliphatic hydroxyl groups is 1. The second-order valence-electron chi connectivity index (χ2n) is 4.63. The normalized spacial score (nSPS) is 15.4. The van der Waals surface area contributed by atoms with Gasteiger partial charge >= 0.3 is 0 Å². The van der Waals surface area contributed by atoms with E-state index in [-0.39, 0.29) is 0 Å². The summed E-state index contributed by atoms with van der Waals surface area (Å²) in [5.41, 5.74) is 1.95. The maximum atomic E-state index is 12.1. The molecule has 2 atom stereocenters. The summed E-state index contributed by atoms with van der Waals surface area (Å²) in [7, 11) is -1.17. The topological polar surface area (TPSA) is 37.3 Å². The minimum atomic E-state index is -1.17. The van der Waals surface area contributed by atoms with Crippen LogP contribution in [0.1, 0.15) is 38.7 Å². The van der Waals surface area contributed by atoms with Crippen molar-refractivity contribution in [2.45, 2.75) is 51.0 Å². The molecule has 0 radical (unpaired) electrons. The number of rotatable bonds is 6. The molecule has 0 spiro atoms. The van der Waals surface area contributed by atoms with Crippen LogP contribution >= 0.6 is 0 Å². The quantitative estimate of drug-likeness (QED) is 0.855. The van der Waals surface area contributed by atoms with E-state index in [1.165, 1.54) is 0 Å². The van der Waals surface area contributed by atoms with Gasteiger partial charge in [-0.05, 0) is 38.0 Å². The van der Waals surface area contributed by atoms with E-state index in [0.29, 0.717) is 0 Å². The number of hydrogen-bond donors (Lipinski definition) is 1. The lowest BCUT2D eigenvalue weighted by atomic mass is 10.1. The van der Waals surface area contributed by atoms with Gasteiger partial charge in [-0.1, -0.05) is 37.5 Å². The fourth-order valence-electron chi connectivity index (χ4n) is 1.61. The minimum Gasteiger partial charge on any atom is -0.389 e. The molecule has 0 aliphatic heterocycles. The van der Waals surface area contributed by atoms with E-state index in [4.69, 9.17) is 0 Å². The SMILES string of the molecule is CCCC[C@H](O)/C(C)=C\[S@@](=O)c1ccc(C)cc1. The Kier molecular flexibility index (Phi) is 6.30. The summed E-state index contributed by atoms with van der Waals surface area (Å²) in [5.74, 6) is 0. The molecule has 2 nitrogen and oxygen atoms in total. The van der Waals surface area contributed by atoms with Gasteiger partial charge < -0.3 is 5.11 Å². The average Bonchev–Trinajstić information content (AvgIpc) is 2.36. The van der Waals surface area contributed by atoms with Crippen LogP contribution in [0.4, 0.5) is 0 Å². The van der Waals surface area contributed by atoms with Crippen molar-refractivity contribution in [1.29, 1.82) is 0 Å². The molecule has 0 aliphatic rings. The van der Waals surface area contributed by atoms with Gasteiger partial charge in [-0.3, -0.25) is 0 Å². The molecule has 1 aromatic carbocycles. The first-order valence-corrected chi connectivity index (χ1v) is 7.59. The van der Waals surface area contributed by atoms with Crippen molar-refractivity contribution in [3.05, 3.63) is 40.8 Å². The Bertz CT molecular complexity index is 421. The maximum absolute atomic E-state index is 12.1. The zero-order valence-electron chi connectivity index (χ0n) is 11.3. The summed E-state index contributed by atoms with van der Waals surface area (Å²) < 4.78 is 12.1. The Morgan fingerprint density at radius 1 is 1.39 bits per heavy atom. The first kappa shape index (κ1) is 15.1. The van der Waals surface area contributed by atoms with Crippen LogP contribution in [0.3, 0.4) is 0 Å². The highest BCUT2D eigenvalue weighted by Gasteiger charge is 2.08. The van der Waals surface area contributed by atoms with Crippen molar-refractivity contribution in [1.82, 2.24) is 0 Å². The van der Waals surface area contributed by atoms with Crippen molar-refractivity contribution in [3.8, 4) is 0 Å². The molecular weight excluding hydrogens is 244 g/mol. The first-order valence-electron chi connectivity index (χ1n) is 6.38. The highest BCUT2D eigenvalue weighted by atomic mass is 32.2. The Morgan fingerprint density at radius 2 is 2.00 bits per heavy atom. The van der Waals surface area contributed by atoms with Gasteiger partial charge in [0.2, 0.25) is 0 Å². The van der Waals surface area contributed by atoms with Crippen LogP contribution in [-0.2, 0) is 10.8 Å². The van der Waals surface area contributed by atoms with E-state index in [2.05, 4.69) is 6.92 Å². The summed E-state index contributed by atoms with van der Waals surface area (Å²) in [4.78, 5) is 0.780. The third-order valence-electron chi connectivity index (χ3n) is 2.90. The lowest BCUT2D eigenvalue weighted by Gasteiger charge is -2.10. The molecule has 0 bridgehead atoms. The van der Waals surface area contributed by atoms with Gasteiger partial charge in [-0.25, -0.2) is 4.21 Å². The predicted octanol–water partition coefficient (Wildman–Crippen LogP) is 3.56. The largest absolute Gasteiger partial charge is 0.389 e. The molecular formula is C15H22O2S. The number of benzene rings is 1. The lowest BCUT2D eigenvalue weighted by Crippen LogP contribution is -2.08. The molecule has 0 heterocycles. The second-order valence-corrected chi connectivity index (χ2v) is 5.93. The molecule has 0 unspecified atom stereocenters. The fourth-order valence-corrected chi connectivity index (χ4v) is 2.65. The summed E-state index contributed by atoms with van der Waals surface area (Å²) in [6.07, 6.45) is 2.32. The van der Waals surface area contributed by atoms with Gasteiger partial charge in [0, 0.05) is 10.3 Å². The van der Waals surface area contributed by atoms with Crippen LogP contribution < -0.4 is 0 Å². The Hall–Kier alpha value is -0.930. The van der Waals surface area contributed by atoms with Gasteiger partial charge in [0.05, 0.1) is 16.9 Å². The highest BCUT2D eigenvalue weighted by Crippen LogP contribution is 2.15. The van der Waals surface area contributed by atoms with Crippen molar-refractivity contribution in [3.63, 3.8) is 0 Å². The molecule has 1 rings (SSSR count). The third kappa shape index (κ3) is 4.75. The van der Waals surface area contributed by atoms with Crippen molar-refractivity contribution in [2.75, 3.05) is 0 Å². The standard InChI is InChI=1S/C15H22O2S/c1-4-5-6-15(16)13(3)11-18(17)14-9-7-12(2)8-10-14/h7-11,15-16H,4-6H2,1-3H3/b13-11-/t15-,18+/m0/s1. The van der Waals surface area contributed by atoms with Crippen LogP contribution in [0, 0.1) is 6.92 Å². The molecule has 0 fully saturated rings. The number of unbranched alkanes of at least 4 members (excludes halogenated alkanes) is 1. The Morgan fingerprint density at radius 3 is 2.56 bits per heavy atom. The predicted molar refractivity (Wildman–Crippen MR) is 76.9 cm³/mol. The zero-order chi connectivity index (χ0) is 13.5. The molecule has 0 aliphatic carbocycles. The first-order chi connectivity index (χ1) is 8.54. The molecule has 0 saturated carbocycles. The zero-order valence-corrected chi connectivity index (χ0v) is 12.2. The van der Waals surface area contributed by atoms with Crippen LogP contribution in [0.5, 0.6) is 0 Å². The van der Waals surface area contributed by atoms with Gasteiger partial charge in [-0.15, -0.1) is 0 Å². The van der Waals surface area contributed by atoms with E-state index in [0.717, 1.165) is 35.3 Å². The Balaban J connectivity index is 2.70. The molecule has 1 N–H and O–H groups in total. The number of aryl methyl sites for hydroxylation is 1. The van der Waals surface area contributed by atoms with Crippen molar-refractivity contribution >= 4 is 10.8 Å². The number of aliphatic hydroxyl groups excluding tert-OH is 1. The summed E-state index contributed by atoms with van der Waals surface area (Å²) in [6, 6.07) is 7.63. The minimum absolute atomic E-state index is 0.473. The van der Waals surface area contributed by atoms with E-state index < -0.39 is 16.9 Å². The lowest BCUT2D eigenvalue weighted by molar-refractivity contribution is 0.197. The van der Waals surface area contributed by atoms with E-state index in [1.807, 2.05) is 38.1 Å². The second kappa shape index (κ2) is 7.49. The van der Waals surface area contributed by atoms with Gasteiger partial charge in [0.25, 0.3) is 0 Å². The van der Waals surface area contributed by atoms with E-state index in [9.17, 15) is 9.32 Å². The molecule has 18 heavy (non-hydrogen) atoms. The molecule has 100 valence electrons. The molecule has 1 aromatic rings. The monoisotopic (exact) mass is 266 g/mol. The van der Waals surface area contributed by atoms with Crippen LogP contribution in [-0.4, -0.2) is 15.4 Å². The van der Waals surface area contributed by atoms with Gasteiger partial charge in [0.15, 0.2) is 0 Å². The van der Waals surface area contributed by atoms with Crippen molar-refractivity contribution in [2.24, 2.45) is 0 Å². The Labute approximate surface area is 112 Å². The molecule has 0 aromatic heterocycles. The molecule has 0 amide bonds. The smallest absolute Gasteiger partial charge is 0.0776 e. The summed E-state index contributed by atoms with van der Waals surface area (Å²) >= 11 is 0. The van der Waals surface area contributed by atoms with E-state index in [1.54, 1.807) is 5.41 Å². The molecule has 0 saturated heterocycles. The molecule has 3 heteroatoms. The summed E-state index contributed by atoms with van der Waals surface area (Å²) in [6.45, 7) is 5.94. The van der Waals surface area contributed by atoms with Crippen molar-refractivity contribution < 1.29 is 9.32 Å².